The zero-order valence-corrected chi connectivity index (χ0v) is 14.2. The van der Waals surface area contributed by atoms with Gasteiger partial charge in [0.1, 0.15) is 0 Å². The van der Waals surface area contributed by atoms with Gasteiger partial charge in [0.05, 0.1) is 5.56 Å². The number of carbonyl (C=O) groups is 1. The molecule has 1 heterocycles. The first kappa shape index (κ1) is 16.5. The number of aromatic nitrogens is 1. The minimum atomic E-state index is -0.173. The Hall–Kier alpha value is -3.34. The normalized spacial score (nSPS) is 10.2. The van der Waals surface area contributed by atoms with E-state index in [1.54, 1.807) is 24.5 Å². The summed E-state index contributed by atoms with van der Waals surface area (Å²) in [4.78, 5) is 18.1. The average Bonchev–Trinajstić information content (AvgIpc) is 2.64. The summed E-state index contributed by atoms with van der Waals surface area (Å²) in [7, 11) is 4.03. The third-order valence-corrected chi connectivity index (χ3v) is 3.74. The molecule has 25 heavy (non-hydrogen) atoms. The molecule has 0 unspecified atom stereocenters. The molecule has 0 fully saturated rings. The number of nitrogens with zero attached hydrogens (tertiary/aromatic N) is 2. The number of hydrogen-bond acceptors (Lipinski definition) is 4. The third kappa shape index (κ3) is 4.35. The van der Waals surface area contributed by atoms with Gasteiger partial charge in [-0.1, -0.05) is 0 Å². The SMILES string of the molecule is CN(C)c1ccc(Nc2ccc(NC(=O)c3cccnc3)cc2)cc1. The van der Waals surface area contributed by atoms with E-state index in [9.17, 15) is 4.79 Å². The third-order valence-electron chi connectivity index (χ3n) is 3.74. The molecule has 0 saturated carbocycles. The first-order chi connectivity index (χ1) is 12.1. The number of pyridine rings is 1. The van der Waals surface area contributed by atoms with Crippen LogP contribution in [0.2, 0.25) is 0 Å². The molecule has 0 atom stereocenters. The molecular weight excluding hydrogens is 312 g/mol. The lowest BCUT2D eigenvalue weighted by atomic mass is 10.2. The highest BCUT2D eigenvalue weighted by Gasteiger charge is 2.05. The fraction of sp³-hybridized carbons (Fsp3) is 0.100. The van der Waals surface area contributed by atoms with Gasteiger partial charge in [0.2, 0.25) is 0 Å². The van der Waals surface area contributed by atoms with Crippen LogP contribution in [-0.2, 0) is 0 Å². The fourth-order valence-electron chi connectivity index (χ4n) is 2.35. The van der Waals surface area contributed by atoms with E-state index in [0.717, 1.165) is 22.7 Å². The number of anilines is 4. The minimum absolute atomic E-state index is 0.173. The monoisotopic (exact) mass is 332 g/mol. The van der Waals surface area contributed by atoms with Gasteiger partial charge < -0.3 is 15.5 Å². The molecule has 0 saturated heterocycles. The molecule has 0 aliphatic rings. The second kappa shape index (κ2) is 7.49. The van der Waals surface area contributed by atoms with E-state index >= 15 is 0 Å². The molecule has 3 rings (SSSR count). The molecule has 0 spiro atoms. The molecular formula is C20H20N4O. The van der Waals surface area contributed by atoms with Gasteiger partial charge in [-0.05, 0) is 60.7 Å². The Labute approximate surface area is 147 Å². The smallest absolute Gasteiger partial charge is 0.257 e. The average molecular weight is 332 g/mol. The summed E-state index contributed by atoms with van der Waals surface area (Å²) in [5, 5.41) is 6.20. The summed E-state index contributed by atoms with van der Waals surface area (Å²) in [6, 6.07) is 19.3. The Morgan fingerprint density at radius 2 is 1.48 bits per heavy atom. The standard InChI is InChI=1S/C20H20N4O/c1-24(2)19-11-9-17(10-12-19)22-16-5-7-18(8-6-16)23-20(25)15-4-3-13-21-14-15/h3-14,22H,1-2H3,(H,23,25). The number of amides is 1. The van der Waals surface area contributed by atoms with Crippen molar-refractivity contribution < 1.29 is 4.79 Å². The van der Waals surface area contributed by atoms with Crippen molar-refractivity contribution in [1.29, 1.82) is 0 Å². The van der Waals surface area contributed by atoms with Gasteiger partial charge in [-0.15, -0.1) is 0 Å². The molecule has 1 aromatic heterocycles. The number of hydrogen-bond donors (Lipinski definition) is 2. The first-order valence-electron chi connectivity index (χ1n) is 7.98. The molecule has 126 valence electrons. The predicted molar refractivity (Wildman–Crippen MR) is 103 cm³/mol. The lowest BCUT2D eigenvalue weighted by Gasteiger charge is -2.13. The van der Waals surface area contributed by atoms with Gasteiger partial charge in [0.25, 0.3) is 5.91 Å². The van der Waals surface area contributed by atoms with Crippen molar-refractivity contribution in [3.63, 3.8) is 0 Å². The quantitative estimate of drug-likeness (QED) is 0.737. The highest BCUT2D eigenvalue weighted by molar-refractivity contribution is 6.04. The molecule has 1 amide bonds. The summed E-state index contributed by atoms with van der Waals surface area (Å²) in [6.45, 7) is 0. The predicted octanol–water partition coefficient (Wildman–Crippen LogP) is 4.14. The summed E-state index contributed by atoms with van der Waals surface area (Å²) in [5.74, 6) is -0.173. The van der Waals surface area contributed by atoms with Crippen LogP contribution in [0.15, 0.2) is 73.1 Å². The lowest BCUT2D eigenvalue weighted by Crippen LogP contribution is -2.11. The van der Waals surface area contributed by atoms with Crippen molar-refractivity contribution in [2.24, 2.45) is 0 Å². The maximum Gasteiger partial charge on any atom is 0.257 e. The molecule has 5 nitrogen and oxygen atoms in total. The topological polar surface area (TPSA) is 57.3 Å². The maximum atomic E-state index is 12.1. The van der Waals surface area contributed by atoms with Gasteiger partial charge in [-0.3, -0.25) is 9.78 Å². The molecule has 5 heteroatoms. The van der Waals surface area contributed by atoms with Crippen LogP contribution in [0.1, 0.15) is 10.4 Å². The summed E-state index contributed by atoms with van der Waals surface area (Å²) in [6.07, 6.45) is 3.19. The Morgan fingerprint density at radius 1 is 0.880 bits per heavy atom. The molecule has 0 aliphatic heterocycles. The van der Waals surface area contributed by atoms with Crippen LogP contribution in [0.3, 0.4) is 0 Å². The Morgan fingerprint density at radius 3 is 2.04 bits per heavy atom. The van der Waals surface area contributed by atoms with Crippen molar-refractivity contribution in [3.05, 3.63) is 78.6 Å². The van der Waals surface area contributed by atoms with Crippen LogP contribution in [0.5, 0.6) is 0 Å². The van der Waals surface area contributed by atoms with Crippen LogP contribution in [0, 0.1) is 0 Å². The van der Waals surface area contributed by atoms with Gasteiger partial charge in [0.15, 0.2) is 0 Å². The lowest BCUT2D eigenvalue weighted by molar-refractivity contribution is 0.102. The second-order valence-corrected chi connectivity index (χ2v) is 5.84. The van der Waals surface area contributed by atoms with E-state index in [-0.39, 0.29) is 5.91 Å². The molecule has 3 aromatic rings. The van der Waals surface area contributed by atoms with E-state index in [1.165, 1.54) is 0 Å². The summed E-state index contributed by atoms with van der Waals surface area (Å²) >= 11 is 0. The fourth-order valence-corrected chi connectivity index (χ4v) is 2.35. The van der Waals surface area contributed by atoms with Gasteiger partial charge >= 0.3 is 0 Å². The minimum Gasteiger partial charge on any atom is -0.378 e. The number of benzene rings is 2. The van der Waals surface area contributed by atoms with E-state index in [0.29, 0.717) is 5.56 Å². The largest absolute Gasteiger partial charge is 0.378 e. The second-order valence-electron chi connectivity index (χ2n) is 5.84. The van der Waals surface area contributed by atoms with Gasteiger partial charge in [-0.2, -0.15) is 0 Å². The Bertz CT molecular complexity index is 828. The molecule has 2 N–H and O–H groups in total. The van der Waals surface area contributed by atoms with Crippen LogP contribution in [0.4, 0.5) is 22.7 Å². The first-order valence-corrected chi connectivity index (χ1v) is 7.98. The van der Waals surface area contributed by atoms with Crippen LogP contribution < -0.4 is 15.5 Å². The number of nitrogens with one attached hydrogen (secondary N) is 2. The van der Waals surface area contributed by atoms with E-state index in [1.807, 2.05) is 50.5 Å². The van der Waals surface area contributed by atoms with E-state index in [2.05, 4.69) is 32.7 Å². The molecule has 0 bridgehead atoms. The van der Waals surface area contributed by atoms with Crippen LogP contribution in [-0.4, -0.2) is 25.0 Å². The summed E-state index contributed by atoms with van der Waals surface area (Å²) < 4.78 is 0. The highest BCUT2D eigenvalue weighted by Crippen LogP contribution is 2.21. The van der Waals surface area contributed by atoms with Crippen molar-refractivity contribution in [2.75, 3.05) is 29.6 Å². The van der Waals surface area contributed by atoms with E-state index < -0.39 is 0 Å². The van der Waals surface area contributed by atoms with Gasteiger partial charge in [0, 0.05) is 49.2 Å². The Balaban J connectivity index is 1.63. The Kier molecular flexibility index (Phi) is 4.95. The van der Waals surface area contributed by atoms with Crippen molar-refractivity contribution in [2.45, 2.75) is 0 Å². The summed E-state index contributed by atoms with van der Waals surface area (Å²) in [5.41, 5.74) is 4.39. The number of rotatable bonds is 5. The zero-order chi connectivity index (χ0) is 17.6. The van der Waals surface area contributed by atoms with Crippen molar-refractivity contribution in [1.82, 2.24) is 4.98 Å². The van der Waals surface area contributed by atoms with E-state index in [4.69, 9.17) is 0 Å². The van der Waals surface area contributed by atoms with Crippen molar-refractivity contribution in [3.8, 4) is 0 Å². The maximum absolute atomic E-state index is 12.1. The zero-order valence-electron chi connectivity index (χ0n) is 14.2. The van der Waals surface area contributed by atoms with Crippen LogP contribution >= 0.6 is 0 Å². The van der Waals surface area contributed by atoms with Crippen LogP contribution in [0.25, 0.3) is 0 Å². The highest BCUT2D eigenvalue weighted by atomic mass is 16.1. The van der Waals surface area contributed by atoms with Gasteiger partial charge in [-0.25, -0.2) is 0 Å². The molecule has 0 radical (unpaired) electrons. The number of carbonyl (C=O) groups excluding carboxylic acids is 1. The van der Waals surface area contributed by atoms with Crippen molar-refractivity contribution >= 4 is 28.7 Å². The molecule has 2 aromatic carbocycles. The molecule has 0 aliphatic carbocycles.